The molecule has 1 aliphatic rings. The molecule has 110 valence electrons. The second-order valence-corrected chi connectivity index (χ2v) is 6.04. The molecule has 1 heterocycles. The number of carbonyl (C=O) groups is 2. The Bertz CT molecular complexity index is 329. The highest BCUT2D eigenvalue weighted by molar-refractivity contribution is 5.89. The topological polar surface area (TPSA) is 69.6 Å². The van der Waals surface area contributed by atoms with Crippen molar-refractivity contribution in [2.75, 3.05) is 26.2 Å². The molecule has 5 heteroatoms. The average Bonchev–Trinajstić information content (AvgIpc) is 2.75. The lowest BCUT2D eigenvalue weighted by Crippen LogP contribution is -2.38. The summed E-state index contributed by atoms with van der Waals surface area (Å²) in [6, 6.07) is 0. The molecule has 5 nitrogen and oxygen atoms in total. The van der Waals surface area contributed by atoms with Gasteiger partial charge in [0.25, 0.3) is 0 Å². The summed E-state index contributed by atoms with van der Waals surface area (Å²) in [5, 5.41) is 11.8. The molecular weight excluding hydrogens is 244 g/mol. The maximum atomic E-state index is 12.0. The van der Waals surface area contributed by atoms with Crippen molar-refractivity contribution < 1.29 is 14.7 Å². The van der Waals surface area contributed by atoms with E-state index in [1.54, 1.807) is 4.90 Å². The number of carbonyl (C=O) groups excluding carboxylic acids is 2. The van der Waals surface area contributed by atoms with Crippen molar-refractivity contribution in [3.05, 3.63) is 0 Å². The normalized spacial score (nSPS) is 19.9. The highest BCUT2D eigenvalue weighted by Crippen LogP contribution is 2.22. The third kappa shape index (κ3) is 4.82. The molecule has 1 saturated heterocycles. The van der Waals surface area contributed by atoms with Crippen LogP contribution >= 0.6 is 0 Å². The van der Waals surface area contributed by atoms with Crippen LogP contribution in [0.15, 0.2) is 0 Å². The van der Waals surface area contributed by atoms with Gasteiger partial charge >= 0.3 is 0 Å². The molecule has 2 N–H and O–H groups in total. The van der Waals surface area contributed by atoms with Gasteiger partial charge in [0.05, 0.1) is 5.92 Å². The smallest absolute Gasteiger partial charge is 0.225 e. The van der Waals surface area contributed by atoms with Crippen LogP contribution in [0.3, 0.4) is 0 Å². The Kier molecular flexibility index (Phi) is 5.79. The van der Waals surface area contributed by atoms with Crippen LogP contribution in [0.5, 0.6) is 0 Å². The highest BCUT2D eigenvalue weighted by Gasteiger charge is 2.33. The lowest BCUT2D eigenvalue weighted by Gasteiger charge is -2.25. The van der Waals surface area contributed by atoms with Gasteiger partial charge in [0.2, 0.25) is 11.8 Å². The fourth-order valence-corrected chi connectivity index (χ4v) is 2.37. The standard InChI is InChI=1S/C14H26N2O3/c1-4-16-9-11(8-12(16)18)13(19)15-10-14(2,3)6-5-7-17/h11,17H,4-10H2,1-3H3,(H,15,19). The van der Waals surface area contributed by atoms with Gasteiger partial charge in [-0.25, -0.2) is 0 Å². The number of likely N-dealkylation sites (tertiary alicyclic amines) is 1. The summed E-state index contributed by atoms with van der Waals surface area (Å²) in [6.45, 7) is 8.05. The van der Waals surface area contributed by atoms with Crippen molar-refractivity contribution in [1.82, 2.24) is 10.2 Å². The molecule has 0 aliphatic carbocycles. The first kappa shape index (κ1) is 16.0. The largest absolute Gasteiger partial charge is 0.396 e. The first-order chi connectivity index (χ1) is 8.89. The van der Waals surface area contributed by atoms with Crippen molar-refractivity contribution >= 4 is 11.8 Å². The Balaban J connectivity index is 2.38. The number of hydrogen-bond donors (Lipinski definition) is 2. The van der Waals surface area contributed by atoms with E-state index in [1.807, 2.05) is 6.92 Å². The zero-order chi connectivity index (χ0) is 14.5. The predicted molar refractivity (Wildman–Crippen MR) is 73.5 cm³/mol. The van der Waals surface area contributed by atoms with Crippen LogP contribution < -0.4 is 5.32 Å². The zero-order valence-electron chi connectivity index (χ0n) is 12.2. The van der Waals surface area contributed by atoms with Gasteiger partial charge in [0.15, 0.2) is 0 Å². The molecule has 0 aromatic heterocycles. The second kappa shape index (κ2) is 6.89. The summed E-state index contributed by atoms with van der Waals surface area (Å²) >= 11 is 0. The Morgan fingerprint density at radius 3 is 2.74 bits per heavy atom. The van der Waals surface area contributed by atoms with Crippen LogP contribution in [0.2, 0.25) is 0 Å². The Hall–Kier alpha value is -1.10. The molecule has 0 radical (unpaired) electrons. The molecule has 0 aromatic rings. The van der Waals surface area contributed by atoms with Crippen molar-refractivity contribution in [1.29, 1.82) is 0 Å². The van der Waals surface area contributed by atoms with Gasteiger partial charge in [0.1, 0.15) is 0 Å². The van der Waals surface area contributed by atoms with E-state index >= 15 is 0 Å². The number of hydrogen-bond acceptors (Lipinski definition) is 3. The molecule has 2 amide bonds. The van der Waals surface area contributed by atoms with Gasteiger partial charge in [-0.15, -0.1) is 0 Å². The number of rotatable bonds is 7. The maximum absolute atomic E-state index is 12.0. The van der Waals surface area contributed by atoms with Crippen LogP contribution in [-0.2, 0) is 9.59 Å². The second-order valence-electron chi connectivity index (χ2n) is 6.04. The van der Waals surface area contributed by atoms with E-state index in [4.69, 9.17) is 5.11 Å². The fourth-order valence-electron chi connectivity index (χ4n) is 2.37. The van der Waals surface area contributed by atoms with Crippen molar-refractivity contribution in [3.63, 3.8) is 0 Å². The van der Waals surface area contributed by atoms with E-state index in [1.165, 1.54) is 0 Å². The third-order valence-electron chi connectivity index (χ3n) is 3.72. The first-order valence-electron chi connectivity index (χ1n) is 7.06. The molecule has 19 heavy (non-hydrogen) atoms. The molecule has 1 unspecified atom stereocenters. The van der Waals surface area contributed by atoms with Gasteiger partial charge in [-0.3, -0.25) is 9.59 Å². The molecule has 0 bridgehead atoms. The number of aliphatic hydroxyl groups excluding tert-OH is 1. The summed E-state index contributed by atoms with van der Waals surface area (Å²) in [6.07, 6.45) is 1.94. The summed E-state index contributed by atoms with van der Waals surface area (Å²) in [5.41, 5.74) is -0.0224. The summed E-state index contributed by atoms with van der Waals surface area (Å²) < 4.78 is 0. The molecule has 1 rings (SSSR count). The highest BCUT2D eigenvalue weighted by atomic mass is 16.3. The van der Waals surface area contributed by atoms with E-state index < -0.39 is 0 Å². The molecule has 0 aromatic carbocycles. The molecular formula is C14H26N2O3. The van der Waals surface area contributed by atoms with Gasteiger partial charge < -0.3 is 15.3 Å². The minimum Gasteiger partial charge on any atom is -0.396 e. The van der Waals surface area contributed by atoms with E-state index in [0.717, 1.165) is 12.8 Å². The SMILES string of the molecule is CCN1CC(C(=O)NCC(C)(C)CCCO)CC1=O. The molecule has 1 atom stereocenters. The molecule has 0 saturated carbocycles. The number of amides is 2. The van der Waals surface area contributed by atoms with Crippen LogP contribution in [0.1, 0.15) is 40.0 Å². The molecule has 1 aliphatic heterocycles. The van der Waals surface area contributed by atoms with Crippen molar-refractivity contribution in [2.24, 2.45) is 11.3 Å². The summed E-state index contributed by atoms with van der Waals surface area (Å²) in [7, 11) is 0. The Labute approximate surface area is 115 Å². The monoisotopic (exact) mass is 270 g/mol. The quantitative estimate of drug-likeness (QED) is 0.718. The summed E-state index contributed by atoms with van der Waals surface area (Å²) in [4.78, 5) is 25.3. The Morgan fingerprint density at radius 1 is 1.53 bits per heavy atom. The molecule has 1 fully saturated rings. The van der Waals surface area contributed by atoms with Crippen LogP contribution in [-0.4, -0.2) is 48.1 Å². The van der Waals surface area contributed by atoms with Gasteiger partial charge in [-0.2, -0.15) is 0 Å². The van der Waals surface area contributed by atoms with E-state index in [9.17, 15) is 9.59 Å². The summed E-state index contributed by atoms with van der Waals surface area (Å²) in [5.74, 6) is -0.162. The van der Waals surface area contributed by atoms with E-state index in [0.29, 0.717) is 26.1 Å². The third-order valence-corrected chi connectivity index (χ3v) is 3.72. The average molecular weight is 270 g/mol. The number of nitrogens with zero attached hydrogens (tertiary/aromatic N) is 1. The van der Waals surface area contributed by atoms with Crippen molar-refractivity contribution in [2.45, 2.75) is 40.0 Å². The lowest BCUT2D eigenvalue weighted by atomic mass is 9.87. The van der Waals surface area contributed by atoms with E-state index in [-0.39, 0.29) is 29.8 Å². The number of nitrogens with one attached hydrogen (secondary N) is 1. The lowest BCUT2D eigenvalue weighted by molar-refractivity contribution is -0.129. The Morgan fingerprint density at radius 2 is 2.21 bits per heavy atom. The van der Waals surface area contributed by atoms with Crippen LogP contribution in [0.4, 0.5) is 0 Å². The zero-order valence-corrected chi connectivity index (χ0v) is 12.2. The predicted octanol–water partition coefficient (Wildman–Crippen LogP) is 0.770. The maximum Gasteiger partial charge on any atom is 0.225 e. The minimum atomic E-state index is -0.207. The van der Waals surface area contributed by atoms with Crippen LogP contribution in [0, 0.1) is 11.3 Å². The molecule has 0 spiro atoms. The van der Waals surface area contributed by atoms with E-state index in [2.05, 4.69) is 19.2 Å². The minimum absolute atomic E-state index is 0.0224. The van der Waals surface area contributed by atoms with Gasteiger partial charge in [-0.05, 0) is 25.2 Å². The van der Waals surface area contributed by atoms with Gasteiger partial charge in [-0.1, -0.05) is 13.8 Å². The first-order valence-corrected chi connectivity index (χ1v) is 7.06. The van der Waals surface area contributed by atoms with Gasteiger partial charge in [0, 0.05) is 32.7 Å². The number of aliphatic hydroxyl groups is 1. The fraction of sp³-hybridized carbons (Fsp3) is 0.857. The van der Waals surface area contributed by atoms with Crippen molar-refractivity contribution in [3.8, 4) is 0 Å². The van der Waals surface area contributed by atoms with Crippen LogP contribution in [0.25, 0.3) is 0 Å².